The second-order valence-corrected chi connectivity index (χ2v) is 5.89. The lowest BCUT2D eigenvalue weighted by Gasteiger charge is -2.16. The monoisotopic (exact) mass is 338 g/mol. The van der Waals surface area contributed by atoms with Crippen LogP contribution in [0.2, 0.25) is 0 Å². The van der Waals surface area contributed by atoms with Gasteiger partial charge in [0.25, 0.3) is 5.91 Å². The van der Waals surface area contributed by atoms with Crippen LogP contribution in [0.3, 0.4) is 0 Å². The summed E-state index contributed by atoms with van der Waals surface area (Å²) in [5.41, 5.74) is 7.90. The first-order valence-corrected chi connectivity index (χ1v) is 7.62. The molecule has 0 bridgehead atoms. The Balaban J connectivity index is 1.97. The zero-order valence-corrected chi connectivity index (χ0v) is 13.9. The van der Waals surface area contributed by atoms with Crippen LogP contribution in [0, 0.1) is 0 Å². The maximum Gasteiger partial charge on any atom is 0.275 e. The largest absolute Gasteiger partial charge is 0.366 e. The molecule has 25 heavy (non-hydrogen) atoms. The number of hydrogen-bond donors (Lipinski definition) is 3. The highest BCUT2D eigenvalue weighted by atomic mass is 16.2. The molecule has 2 heterocycles. The molecule has 128 valence electrons. The average molecular weight is 338 g/mol. The number of nitrogens with one attached hydrogen (secondary N) is 2. The van der Waals surface area contributed by atoms with Crippen molar-refractivity contribution < 1.29 is 9.59 Å². The Morgan fingerprint density at radius 3 is 2.76 bits per heavy atom. The highest BCUT2D eigenvalue weighted by Gasteiger charge is 2.16. The predicted molar refractivity (Wildman–Crippen MR) is 94.2 cm³/mol. The molecule has 1 aromatic carbocycles. The summed E-state index contributed by atoms with van der Waals surface area (Å²) < 4.78 is 0. The summed E-state index contributed by atoms with van der Waals surface area (Å²) >= 11 is 0. The van der Waals surface area contributed by atoms with Gasteiger partial charge in [-0.25, -0.2) is 9.97 Å². The molecule has 0 atom stereocenters. The second kappa shape index (κ2) is 6.70. The average Bonchev–Trinajstić information content (AvgIpc) is 3.04. The SMILES string of the molecule is CN(C)Cc1ccc(C(N)=O)cc1NC(=O)c1ncnc2[nH]ccc12. The Hall–Kier alpha value is -3.26. The molecule has 8 heteroatoms. The number of amides is 2. The predicted octanol–water partition coefficient (Wildman–Crippen LogP) is 1.37. The highest BCUT2D eigenvalue weighted by molar-refractivity contribution is 6.11. The van der Waals surface area contributed by atoms with Crippen LogP contribution in [0.15, 0.2) is 36.8 Å². The maximum absolute atomic E-state index is 12.7. The van der Waals surface area contributed by atoms with Crippen molar-refractivity contribution in [3.8, 4) is 0 Å². The molecule has 0 fully saturated rings. The molecule has 2 aromatic heterocycles. The lowest BCUT2D eigenvalue weighted by Crippen LogP contribution is -2.19. The number of rotatable bonds is 5. The summed E-state index contributed by atoms with van der Waals surface area (Å²) in [4.78, 5) is 37.2. The summed E-state index contributed by atoms with van der Waals surface area (Å²) in [6.07, 6.45) is 3.02. The molecule has 3 rings (SSSR count). The molecule has 0 unspecified atom stereocenters. The molecule has 4 N–H and O–H groups in total. The van der Waals surface area contributed by atoms with Crippen LogP contribution in [0.5, 0.6) is 0 Å². The molecule has 0 aliphatic carbocycles. The summed E-state index contributed by atoms with van der Waals surface area (Å²) in [6.45, 7) is 0.595. The topological polar surface area (TPSA) is 117 Å². The van der Waals surface area contributed by atoms with Crippen LogP contribution in [0.1, 0.15) is 26.4 Å². The van der Waals surface area contributed by atoms with Crippen molar-refractivity contribution >= 4 is 28.5 Å². The van der Waals surface area contributed by atoms with Crippen LogP contribution in [0.4, 0.5) is 5.69 Å². The van der Waals surface area contributed by atoms with Gasteiger partial charge in [-0.3, -0.25) is 9.59 Å². The van der Waals surface area contributed by atoms with E-state index in [0.717, 1.165) is 5.56 Å². The van der Waals surface area contributed by atoms with E-state index in [0.29, 0.717) is 28.8 Å². The fraction of sp³-hybridized carbons (Fsp3) is 0.176. The summed E-state index contributed by atoms with van der Waals surface area (Å²) in [7, 11) is 3.84. The van der Waals surface area contributed by atoms with Gasteiger partial charge >= 0.3 is 0 Å². The third-order valence-corrected chi connectivity index (χ3v) is 3.70. The molecule has 2 amide bonds. The third kappa shape index (κ3) is 3.48. The number of aromatic nitrogens is 3. The van der Waals surface area contributed by atoms with Crippen molar-refractivity contribution in [1.82, 2.24) is 19.9 Å². The third-order valence-electron chi connectivity index (χ3n) is 3.70. The maximum atomic E-state index is 12.7. The molecular formula is C17H18N6O2. The van der Waals surface area contributed by atoms with Gasteiger partial charge in [0.05, 0.1) is 5.39 Å². The zero-order chi connectivity index (χ0) is 18.0. The summed E-state index contributed by atoms with van der Waals surface area (Å²) in [5.74, 6) is -0.935. The number of anilines is 1. The standard InChI is InChI=1S/C17H18N6O2/c1-23(2)8-11-4-3-10(15(18)24)7-13(11)22-17(25)14-12-5-6-19-16(12)21-9-20-14/h3-7,9H,8H2,1-2H3,(H2,18,24)(H,22,25)(H,19,20,21). The molecule has 0 aliphatic rings. The minimum Gasteiger partial charge on any atom is -0.366 e. The first kappa shape index (κ1) is 16.6. The van der Waals surface area contributed by atoms with E-state index in [9.17, 15) is 9.59 Å². The van der Waals surface area contributed by atoms with E-state index in [1.165, 1.54) is 6.33 Å². The van der Waals surface area contributed by atoms with Gasteiger partial charge in [0.2, 0.25) is 5.91 Å². The van der Waals surface area contributed by atoms with Gasteiger partial charge in [0.15, 0.2) is 0 Å². The van der Waals surface area contributed by atoms with E-state index in [-0.39, 0.29) is 11.6 Å². The minimum absolute atomic E-state index is 0.256. The number of benzene rings is 1. The Labute approximate surface area is 144 Å². The number of primary amides is 1. The van der Waals surface area contributed by atoms with Gasteiger partial charge in [-0.2, -0.15) is 0 Å². The lowest BCUT2D eigenvalue weighted by atomic mass is 10.1. The van der Waals surface area contributed by atoms with Crippen molar-refractivity contribution in [3.05, 3.63) is 53.6 Å². The highest BCUT2D eigenvalue weighted by Crippen LogP contribution is 2.21. The molecule has 0 aliphatic heterocycles. The van der Waals surface area contributed by atoms with E-state index < -0.39 is 5.91 Å². The van der Waals surface area contributed by atoms with Crippen LogP contribution >= 0.6 is 0 Å². The minimum atomic E-state index is -0.554. The molecule has 0 saturated carbocycles. The van der Waals surface area contributed by atoms with Crippen LogP contribution in [-0.2, 0) is 6.54 Å². The Bertz CT molecular complexity index is 947. The van der Waals surface area contributed by atoms with Gasteiger partial charge in [-0.1, -0.05) is 6.07 Å². The van der Waals surface area contributed by atoms with Crippen molar-refractivity contribution in [2.45, 2.75) is 6.54 Å². The van der Waals surface area contributed by atoms with Crippen LogP contribution in [0.25, 0.3) is 11.0 Å². The van der Waals surface area contributed by atoms with E-state index in [1.54, 1.807) is 30.5 Å². The Morgan fingerprint density at radius 2 is 2.04 bits per heavy atom. The van der Waals surface area contributed by atoms with Gasteiger partial charge in [0, 0.05) is 24.0 Å². The van der Waals surface area contributed by atoms with E-state index in [1.807, 2.05) is 19.0 Å². The number of H-pyrrole nitrogens is 1. The molecule has 0 radical (unpaired) electrons. The number of carbonyl (C=O) groups excluding carboxylic acids is 2. The number of carbonyl (C=O) groups is 2. The van der Waals surface area contributed by atoms with Gasteiger partial charge in [-0.15, -0.1) is 0 Å². The number of fused-ring (bicyclic) bond motifs is 1. The van der Waals surface area contributed by atoms with Crippen LogP contribution < -0.4 is 11.1 Å². The van der Waals surface area contributed by atoms with Crippen molar-refractivity contribution in [1.29, 1.82) is 0 Å². The van der Waals surface area contributed by atoms with Crippen molar-refractivity contribution in [2.75, 3.05) is 19.4 Å². The quantitative estimate of drug-likeness (QED) is 0.649. The number of hydrogen-bond acceptors (Lipinski definition) is 5. The second-order valence-electron chi connectivity index (χ2n) is 5.89. The fourth-order valence-corrected chi connectivity index (χ4v) is 2.56. The molecule has 0 saturated heterocycles. The first-order chi connectivity index (χ1) is 12.0. The van der Waals surface area contributed by atoms with E-state index in [4.69, 9.17) is 5.73 Å². The fourth-order valence-electron chi connectivity index (χ4n) is 2.56. The number of aromatic amines is 1. The lowest BCUT2D eigenvalue weighted by molar-refractivity contribution is 0.0995. The number of nitrogens with zero attached hydrogens (tertiary/aromatic N) is 3. The van der Waals surface area contributed by atoms with Gasteiger partial charge < -0.3 is 20.9 Å². The van der Waals surface area contributed by atoms with E-state index in [2.05, 4.69) is 20.3 Å². The Morgan fingerprint density at radius 1 is 1.24 bits per heavy atom. The van der Waals surface area contributed by atoms with Gasteiger partial charge in [0.1, 0.15) is 17.7 Å². The Kier molecular flexibility index (Phi) is 4.44. The molecule has 3 aromatic rings. The molecule has 0 spiro atoms. The van der Waals surface area contributed by atoms with Crippen molar-refractivity contribution in [3.63, 3.8) is 0 Å². The zero-order valence-electron chi connectivity index (χ0n) is 13.9. The summed E-state index contributed by atoms with van der Waals surface area (Å²) in [6, 6.07) is 6.74. The first-order valence-electron chi connectivity index (χ1n) is 7.62. The van der Waals surface area contributed by atoms with E-state index >= 15 is 0 Å². The molecule has 8 nitrogen and oxygen atoms in total. The molecular weight excluding hydrogens is 320 g/mol. The normalized spacial score (nSPS) is 11.0. The summed E-state index contributed by atoms with van der Waals surface area (Å²) in [5, 5.41) is 3.46. The van der Waals surface area contributed by atoms with Crippen LogP contribution in [-0.4, -0.2) is 45.8 Å². The number of nitrogens with two attached hydrogens (primary N) is 1. The van der Waals surface area contributed by atoms with Crippen molar-refractivity contribution in [2.24, 2.45) is 5.73 Å². The smallest absolute Gasteiger partial charge is 0.275 e. The van der Waals surface area contributed by atoms with Gasteiger partial charge in [-0.05, 0) is 37.9 Å².